The van der Waals surface area contributed by atoms with Gasteiger partial charge in [-0.2, -0.15) is 0 Å². The number of aromatic carboxylic acids is 1. The predicted octanol–water partition coefficient (Wildman–Crippen LogP) is 5.76. The minimum atomic E-state index is -0.957. The van der Waals surface area contributed by atoms with Crippen LogP contribution in [0.4, 0.5) is 5.69 Å². The molecule has 1 unspecified atom stereocenters. The summed E-state index contributed by atoms with van der Waals surface area (Å²) in [7, 11) is 2.14. The van der Waals surface area contributed by atoms with Gasteiger partial charge >= 0.3 is 5.97 Å². The minimum Gasteiger partial charge on any atom is -0.486 e. The molecular weight excluding hydrogens is 476 g/mol. The SMILES string of the molecule is CN1CCN(c2cc(C(O)/C=C/c3ccc(C(=O)O)cc3)cc(C(C)(C)C)c2OCc2ccccc2)CC1. The van der Waals surface area contributed by atoms with Crippen molar-refractivity contribution in [3.8, 4) is 5.75 Å². The Labute approximate surface area is 225 Å². The third-order valence-corrected chi connectivity index (χ3v) is 6.94. The first-order valence-corrected chi connectivity index (χ1v) is 13.1. The van der Waals surface area contributed by atoms with E-state index in [9.17, 15) is 9.90 Å². The third-order valence-electron chi connectivity index (χ3n) is 6.94. The van der Waals surface area contributed by atoms with Crippen molar-refractivity contribution in [2.24, 2.45) is 0 Å². The molecule has 0 spiro atoms. The molecule has 0 amide bonds. The number of carboxylic acid groups (broad SMARTS) is 1. The fourth-order valence-corrected chi connectivity index (χ4v) is 4.58. The number of nitrogens with zero attached hydrogens (tertiary/aromatic N) is 2. The number of ether oxygens (including phenoxy) is 1. The van der Waals surface area contributed by atoms with E-state index in [0.29, 0.717) is 6.61 Å². The predicted molar refractivity (Wildman–Crippen MR) is 153 cm³/mol. The van der Waals surface area contributed by atoms with Gasteiger partial charge < -0.3 is 24.7 Å². The van der Waals surface area contributed by atoms with E-state index < -0.39 is 12.1 Å². The summed E-state index contributed by atoms with van der Waals surface area (Å²) in [5.41, 5.74) is 4.83. The second-order valence-corrected chi connectivity index (χ2v) is 11.0. The van der Waals surface area contributed by atoms with Crippen molar-refractivity contribution in [2.75, 3.05) is 38.1 Å². The van der Waals surface area contributed by atoms with Crippen LogP contribution in [0.2, 0.25) is 0 Å². The maximum absolute atomic E-state index is 11.2. The molecule has 0 aliphatic carbocycles. The molecule has 38 heavy (non-hydrogen) atoms. The maximum Gasteiger partial charge on any atom is 0.335 e. The second kappa shape index (κ2) is 11.8. The summed E-state index contributed by atoms with van der Waals surface area (Å²) in [6.07, 6.45) is 2.74. The molecule has 6 heteroatoms. The Kier molecular flexibility index (Phi) is 8.55. The molecule has 1 heterocycles. The first-order valence-electron chi connectivity index (χ1n) is 13.1. The van der Waals surface area contributed by atoms with Crippen LogP contribution >= 0.6 is 0 Å². The molecule has 1 fully saturated rings. The summed E-state index contributed by atoms with van der Waals surface area (Å²) in [6, 6.07) is 20.9. The number of carbonyl (C=O) groups is 1. The number of piperazine rings is 1. The van der Waals surface area contributed by atoms with Gasteiger partial charge in [-0.15, -0.1) is 0 Å². The Morgan fingerprint density at radius 2 is 1.66 bits per heavy atom. The smallest absolute Gasteiger partial charge is 0.335 e. The largest absolute Gasteiger partial charge is 0.486 e. The van der Waals surface area contributed by atoms with Crippen LogP contribution in [0.3, 0.4) is 0 Å². The summed E-state index contributed by atoms with van der Waals surface area (Å²) in [4.78, 5) is 15.8. The van der Waals surface area contributed by atoms with Gasteiger partial charge in [-0.05, 0) is 53.4 Å². The van der Waals surface area contributed by atoms with Gasteiger partial charge in [0.05, 0.1) is 17.4 Å². The number of aliphatic hydroxyl groups excluding tert-OH is 1. The van der Waals surface area contributed by atoms with Crippen LogP contribution in [0, 0.1) is 0 Å². The number of aliphatic hydroxyl groups is 1. The highest BCUT2D eigenvalue weighted by Gasteiger charge is 2.27. The van der Waals surface area contributed by atoms with Gasteiger partial charge in [-0.25, -0.2) is 4.79 Å². The van der Waals surface area contributed by atoms with Gasteiger partial charge in [0.1, 0.15) is 12.4 Å². The van der Waals surface area contributed by atoms with Crippen LogP contribution in [0.25, 0.3) is 6.08 Å². The van der Waals surface area contributed by atoms with Crippen LogP contribution in [0.15, 0.2) is 72.8 Å². The molecule has 6 nitrogen and oxygen atoms in total. The molecule has 200 valence electrons. The summed E-state index contributed by atoms with van der Waals surface area (Å²) in [5.74, 6) is -0.0867. The van der Waals surface area contributed by atoms with E-state index in [2.05, 4.69) is 61.9 Å². The Morgan fingerprint density at radius 1 is 1.00 bits per heavy atom. The van der Waals surface area contributed by atoms with Gasteiger partial charge in [-0.3, -0.25) is 0 Å². The lowest BCUT2D eigenvalue weighted by Gasteiger charge is -2.37. The van der Waals surface area contributed by atoms with Crippen LogP contribution in [0.5, 0.6) is 5.75 Å². The molecule has 0 aromatic heterocycles. The van der Waals surface area contributed by atoms with Crippen molar-refractivity contribution in [3.63, 3.8) is 0 Å². The number of rotatable bonds is 8. The van der Waals surface area contributed by atoms with E-state index in [1.54, 1.807) is 30.3 Å². The zero-order valence-electron chi connectivity index (χ0n) is 22.7. The van der Waals surface area contributed by atoms with Crippen molar-refractivity contribution < 1.29 is 19.7 Å². The topological polar surface area (TPSA) is 73.2 Å². The van der Waals surface area contributed by atoms with Crippen LogP contribution < -0.4 is 9.64 Å². The average molecular weight is 515 g/mol. The fraction of sp³-hybridized carbons (Fsp3) is 0.344. The lowest BCUT2D eigenvalue weighted by atomic mass is 9.84. The monoisotopic (exact) mass is 514 g/mol. The summed E-state index contributed by atoms with van der Waals surface area (Å²) < 4.78 is 6.55. The molecule has 0 saturated carbocycles. The van der Waals surface area contributed by atoms with Crippen molar-refractivity contribution >= 4 is 17.7 Å². The highest BCUT2D eigenvalue weighted by molar-refractivity contribution is 5.87. The van der Waals surface area contributed by atoms with Gasteiger partial charge in [0.2, 0.25) is 0 Å². The lowest BCUT2D eigenvalue weighted by molar-refractivity contribution is 0.0697. The van der Waals surface area contributed by atoms with Gasteiger partial charge in [0.25, 0.3) is 0 Å². The zero-order valence-corrected chi connectivity index (χ0v) is 22.7. The third kappa shape index (κ3) is 6.82. The Morgan fingerprint density at radius 3 is 2.26 bits per heavy atom. The van der Waals surface area contributed by atoms with E-state index in [1.807, 2.05) is 24.3 Å². The quantitative estimate of drug-likeness (QED) is 0.398. The van der Waals surface area contributed by atoms with Gasteiger partial charge in [0, 0.05) is 31.7 Å². The molecule has 3 aromatic rings. The van der Waals surface area contributed by atoms with Crippen LogP contribution in [0.1, 0.15) is 59.5 Å². The van der Waals surface area contributed by atoms with Crippen LogP contribution in [-0.2, 0) is 12.0 Å². The second-order valence-electron chi connectivity index (χ2n) is 11.0. The van der Waals surface area contributed by atoms with E-state index in [4.69, 9.17) is 9.84 Å². The maximum atomic E-state index is 11.2. The van der Waals surface area contributed by atoms with Gasteiger partial charge in [0.15, 0.2) is 0 Å². The standard InChI is InChI=1S/C32H38N2O4/c1-32(2,3)27-20-26(29(35)15-12-23-10-13-25(14-11-23)31(36)37)21-28(34-18-16-33(4)17-19-34)30(27)38-22-24-8-6-5-7-9-24/h5-15,20-21,29,35H,16-19,22H2,1-4H3,(H,36,37)/b15-12+. The molecule has 0 radical (unpaired) electrons. The molecule has 3 aromatic carbocycles. The minimum absolute atomic E-state index is 0.209. The fourth-order valence-electron chi connectivity index (χ4n) is 4.58. The number of anilines is 1. The normalized spacial score (nSPS) is 15.6. The van der Waals surface area contributed by atoms with E-state index in [-0.39, 0.29) is 11.0 Å². The first kappa shape index (κ1) is 27.4. The molecule has 1 aliphatic rings. The van der Waals surface area contributed by atoms with Crippen molar-refractivity contribution in [3.05, 3.63) is 101 Å². The zero-order chi connectivity index (χ0) is 27.3. The Balaban J connectivity index is 1.70. The van der Waals surface area contributed by atoms with E-state index in [1.165, 1.54) is 0 Å². The molecule has 1 aliphatic heterocycles. The van der Waals surface area contributed by atoms with Crippen molar-refractivity contribution in [1.29, 1.82) is 0 Å². The van der Waals surface area contributed by atoms with Gasteiger partial charge in [-0.1, -0.05) is 75.4 Å². The number of hydrogen-bond donors (Lipinski definition) is 2. The van der Waals surface area contributed by atoms with Crippen molar-refractivity contribution in [2.45, 2.75) is 38.9 Å². The average Bonchev–Trinajstić information content (AvgIpc) is 2.91. The number of hydrogen-bond acceptors (Lipinski definition) is 5. The van der Waals surface area contributed by atoms with Crippen molar-refractivity contribution in [1.82, 2.24) is 4.90 Å². The number of benzene rings is 3. The van der Waals surface area contributed by atoms with E-state index in [0.717, 1.165) is 59.9 Å². The van der Waals surface area contributed by atoms with E-state index >= 15 is 0 Å². The summed E-state index contributed by atoms with van der Waals surface area (Å²) >= 11 is 0. The summed E-state index contributed by atoms with van der Waals surface area (Å²) in [5, 5.41) is 20.4. The molecular formula is C32H38N2O4. The number of carboxylic acids is 1. The lowest BCUT2D eigenvalue weighted by Crippen LogP contribution is -2.44. The molecule has 0 bridgehead atoms. The Hall–Kier alpha value is -3.61. The van der Waals surface area contributed by atoms with Crippen LogP contribution in [-0.4, -0.2) is 54.3 Å². The summed E-state index contributed by atoms with van der Waals surface area (Å²) in [6.45, 7) is 10.7. The molecule has 2 N–H and O–H groups in total. The highest BCUT2D eigenvalue weighted by Crippen LogP contribution is 2.42. The molecule has 1 atom stereocenters. The Bertz CT molecular complexity index is 1260. The first-order chi connectivity index (χ1) is 18.1. The number of likely N-dealkylation sites (N-methyl/N-ethyl adjacent to an activating group) is 1. The highest BCUT2D eigenvalue weighted by atomic mass is 16.5. The molecule has 1 saturated heterocycles. The molecule has 4 rings (SSSR count).